The zero-order valence-corrected chi connectivity index (χ0v) is 15.7. The predicted molar refractivity (Wildman–Crippen MR) is 100 cm³/mol. The van der Waals surface area contributed by atoms with E-state index < -0.39 is 17.9 Å². The maximum absolute atomic E-state index is 14.5. The van der Waals surface area contributed by atoms with E-state index in [1.807, 2.05) is 10.8 Å². The van der Waals surface area contributed by atoms with E-state index in [1.54, 1.807) is 35.6 Å². The van der Waals surface area contributed by atoms with Gasteiger partial charge in [-0.2, -0.15) is 0 Å². The first-order valence-corrected chi connectivity index (χ1v) is 9.68. The number of amides is 1. The number of ketones is 1. The number of aryl methyl sites for hydroxylation is 1. The molecule has 1 saturated heterocycles. The number of hydrogen-bond donors (Lipinski definition) is 0. The second-order valence-corrected chi connectivity index (χ2v) is 7.09. The molecule has 1 aromatic heterocycles. The molecule has 0 saturated carbocycles. The van der Waals surface area contributed by atoms with E-state index in [1.165, 1.54) is 6.07 Å². The first-order chi connectivity index (χ1) is 13.1. The minimum absolute atomic E-state index is 0.356. The number of carbonyl (C=O) groups is 2. The minimum atomic E-state index is -0.508. The monoisotopic (exact) mass is 371 g/mol. The fraction of sp³-hybridized carbons (Fsp3) is 0.476. The van der Waals surface area contributed by atoms with Crippen LogP contribution in [-0.4, -0.2) is 32.7 Å². The van der Waals surface area contributed by atoms with Gasteiger partial charge in [0.25, 0.3) is 5.91 Å². The summed E-state index contributed by atoms with van der Waals surface area (Å²) in [6.45, 7) is 3.22. The van der Waals surface area contributed by atoms with Gasteiger partial charge in [-0.1, -0.05) is 44.4 Å². The molecule has 6 heteroatoms. The Morgan fingerprint density at radius 1 is 1.11 bits per heavy atom. The summed E-state index contributed by atoms with van der Waals surface area (Å²) in [6, 6.07) is 5.98. The van der Waals surface area contributed by atoms with Crippen LogP contribution >= 0.6 is 0 Å². The van der Waals surface area contributed by atoms with Crippen molar-refractivity contribution >= 4 is 11.7 Å². The van der Waals surface area contributed by atoms with Crippen LogP contribution in [0.15, 0.2) is 43.0 Å². The standard InChI is InChI=1S/C21H26FN3O2/c1-2-3-4-9-17-19(16-8-5-6-10-18(16)22)25(21(27)20(17)26)13-7-12-24-14-11-23-15-24/h5-6,8,10-11,14-15,17,19H,2-4,7,9,12-13H2,1H3. The third-order valence-electron chi connectivity index (χ3n) is 5.24. The smallest absolute Gasteiger partial charge is 0.290 e. The van der Waals surface area contributed by atoms with E-state index in [0.29, 0.717) is 31.5 Å². The van der Waals surface area contributed by atoms with Crippen LogP contribution in [0.2, 0.25) is 0 Å². The van der Waals surface area contributed by atoms with Gasteiger partial charge in [0, 0.05) is 31.0 Å². The number of carbonyl (C=O) groups excluding carboxylic acids is 2. The lowest BCUT2D eigenvalue weighted by atomic mass is 9.88. The zero-order valence-electron chi connectivity index (χ0n) is 15.7. The van der Waals surface area contributed by atoms with Gasteiger partial charge in [0.05, 0.1) is 18.3 Å². The first kappa shape index (κ1) is 19.3. The molecular formula is C21H26FN3O2. The normalized spacial score (nSPS) is 19.9. The Labute approximate surface area is 159 Å². The number of nitrogens with zero attached hydrogens (tertiary/aromatic N) is 3. The number of halogens is 1. The molecule has 1 aliphatic rings. The van der Waals surface area contributed by atoms with Crippen molar-refractivity contribution in [3.05, 3.63) is 54.4 Å². The van der Waals surface area contributed by atoms with E-state index in [0.717, 1.165) is 19.3 Å². The zero-order chi connectivity index (χ0) is 19.2. The highest BCUT2D eigenvalue weighted by Crippen LogP contribution is 2.40. The molecule has 2 atom stereocenters. The van der Waals surface area contributed by atoms with Gasteiger partial charge in [0.2, 0.25) is 5.78 Å². The van der Waals surface area contributed by atoms with E-state index in [2.05, 4.69) is 11.9 Å². The van der Waals surface area contributed by atoms with Crippen molar-refractivity contribution in [2.45, 2.75) is 51.6 Å². The van der Waals surface area contributed by atoms with Crippen LogP contribution in [0.5, 0.6) is 0 Å². The molecule has 144 valence electrons. The van der Waals surface area contributed by atoms with E-state index in [4.69, 9.17) is 0 Å². The van der Waals surface area contributed by atoms with Gasteiger partial charge >= 0.3 is 0 Å². The Bertz CT molecular complexity index is 775. The number of hydrogen-bond acceptors (Lipinski definition) is 3. The number of benzene rings is 1. The van der Waals surface area contributed by atoms with Crippen molar-refractivity contribution in [1.82, 2.24) is 14.5 Å². The Morgan fingerprint density at radius 2 is 1.93 bits per heavy atom. The van der Waals surface area contributed by atoms with Crippen LogP contribution < -0.4 is 0 Å². The van der Waals surface area contributed by atoms with E-state index in [9.17, 15) is 14.0 Å². The van der Waals surface area contributed by atoms with Crippen LogP contribution in [0.4, 0.5) is 4.39 Å². The average Bonchev–Trinajstić information content (AvgIpc) is 3.26. The topological polar surface area (TPSA) is 55.2 Å². The number of likely N-dealkylation sites (tertiary alicyclic amines) is 1. The van der Waals surface area contributed by atoms with Gasteiger partial charge in [0.15, 0.2) is 0 Å². The summed E-state index contributed by atoms with van der Waals surface area (Å²) in [6.07, 6.45) is 9.50. The Morgan fingerprint density at radius 3 is 2.63 bits per heavy atom. The molecule has 27 heavy (non-hydrogen) atoms. The second-order valence-electron chi connectivity index (χ2n) is 7.09. The van der Waals surface area contributed by atoms with Crippen LogP contribution in [0.3, 0.4) is 0 Å². The van der Waals surface area contributed by atoms with Gasteiger partial charge in [-0.25, -0.2) is 9.37 Å². The lowest BCUT2D eigenvalue weighted by Gasteiger charge is -2.28. The Kier molecular flexibility index (Phi) is 6.37. The molecule has 1 fully saturated rings. The highest BCUT2D eigenvalue weighted by atomic mass is 19.1. The first-order valence-electron chi connectivity index (χ1n) is 9.68. The lowest BCUT2D eigenvalue weighted by Crippen LogP contribution is -2.31. The molecule has 2 heterocycles. The van der Waals surface area contributed by atoms with E-state index in [-0.39, 0.29) is 11.6 Å². The third-order valence-corrected chi connectivity index (χ3v) is 5.24. The molecule has 1 aromatic carbocycles. The lowest BCUT2D eigenvalue weighted by molar-refractivity contribution is -0.141. The molecule has 2 aromatic rings. The van der Waals surface area contributed by atoms with Crippen molar-refractivity contribution in [2.24, 2.45) is 5.92 Å². The molecule has 0 aliphatic carbocycles. The highest BCUT2D eigenvalue weighted by Gasteiger charge is 2.47. The maximum atomic E-state index is 14.5. The number of unbranched alkanes of at least 4 members (excludes halogenated alkanes) is 2. The second kappa shape index (κ2) is 8.93. The summed E-state index contributed by atoms with van der Waals surface area (Å²) < 4.78 is 16.4. The minimum Gasteiger partial charge on any atom is -0.337 e. The summed E-state index contributed by atoms with van der Waals surface area (Å²) in [5.74, 6) is -1.67. The molecule has 0 bridgehead atoms. The Hall–Kier alpha value is -2.50. The van der Waals surface area contributed by atoms with Crippen molar-refractivity contribution < 1.29 is 14.0 Å². The number of rotatable bonds is 9. The molecule has 0 radical (unpaired) electrons. The van der Waals surface area contributed by atoms with Crippen molar-refractivity contribution in [3.8, 4) is 0 Å². The van der Waals surface area contributed by atoms with Gasteiger partial charge in [0.1, 0.15) is 5.82 Å². The fourth-order valence-corrected chi connectivity index (χ4v) is 3.87. The molecule has 0 spiro atoms. The van der Waals surface area contributed by atoms with Gasteiger partial charge < -0.3 is 9.47 Å². The average molecular weight is 371 g/mol. The van der Waals surface area contributed by atoms with Gasteiger partial charge in [-0.05, 0) is 18.9 Å². The van der Waals surface area contributed by atoms with Gasteiger partial charge in [-0.15, -0.1) is 0 Å². The predicted octanol–water partition coefficient (Wildman–Crippen LogP) is 3.76. The highest BCUT2D eigenvalue weighted by molar-refractivity contribution is 6.39. The molecule has 2 unspecified atom stereocenters. The van der Waals surface area contributed by atoms with Crippen LogP contribution in [0, 0.1) is 11.7 Å². The Balaban J connectivity index is 1.80. The number of imidazole rings is 1. The molecule has 3 rings (SSSR count). The summed E-state index contributed by atoms with van der Waals surface area (Å²) in [7, 11) is 0. The summed E-state index contributed by atoms with van der Waals surface area (Å²) in [5.41, 5.74) is 0.445. The maximum Gasteiger partial charge on any atom is 0.290 e. The SMILES string of the molecule is CCCCCC1C(=O)C(=O)N(CCCn2ccnc2)C1c1ccccc1F. The largest absolute Gasteiger partial charge is 0.337 e. The molecule has 1 aliphatic heterocycles. The number of Topliss-reactive ketones (excluding diaryl/α,β-unsaturated/α-hetero) is 1. The molecule has 1 amide bonds. The van der Waals surface area contributed by atoms with Crippen molar-refractivity contribution in [3.63, 3.8) is 0 Å². The van der Waals surface area contributed by atoms with Crippen LogP contribution in [0.25, 0.3) is 0 Å². The quantitative estimate of drug-likeness (QED) is 0.498. The molecule has 5 nitrogen and oxygen atoms in total. The van der Waals surface area contributed by atoms with Crippen LogP contribution in [0.1, 0.15) is 50.6 Å². The third kappa shape index (κ3) is 4.26. The summed E-state index contributed by atoms with van der Waals surface area (Å²) >= 11 is 0. The van der Waals surface area contributed by atoms with E-state index >= 15 is 0 Å². The summed E-state index contributed by atoms with van der Waals surface area (Å²) in [5, 5.41) is 0. The summed E-state index contributed by atoms with van der Waals surface area (Å²) in [4.78, 5) is 30.9. The van der Waals surface area contributed by atoms with Crippen molar-refractivity contribution in [2.75, 3.05) is 6.54 Å². The number of aromatic nitrogens is 2. The fourth-order valence-electron chi connectivity index (χ4n) is 3.87. The van der Waals surface area contributed by atoms with Crippen LogP contribution in [-0.2, 0) is 16.1 Å². The van der Waals surface area contributed by atoms with Gasteiger partial charge in [-0.3, -0.25) is 9.59 Å². The molecular weight excluding hydrogens is 345 g/mol. The molecule has 0 N–H and O–H groups in total. The van der Waals surface area contributed by atoms with Crippen molar-refractivity contribution in [1.29, 1.82) is 0 Å².